The Morgan fingerprint density at radius 3 is 2.95 bits per heavy atom. The molecular formula is C12H9BrN4O2S. The van der Waals surface area contributed by atoms with Crippen LogP contribution in [0.2, 0.25) is 0 Å². The molecule has 0 bridgehead atoms. The van der Waals surface area contributed by atoms with Crippen molar-refractivity contribution in [3.8, 4) is 12.3 Å². The molecule has 0 saturated heterocycles. The number of nitrogens with one attached hydrogen (secondary N) is 3. The molecule has 0 fully saturated rings. The summed E-state index contributed by atoms with van der Waals surface area (Å²) in [7, 11) is 1.46. The second-order valence-corrected chi connectivity index (χ2v) is 5.28. The number of H-pyrrole nitrogens is 1. The number of pyridine rings is 1. The summed E-state index contributed by atoms with van der Waals surface area (Å²) in [5.74, 6) is 1.96. The van der Waals surface area contributed by atoms with Crippen molar-refractivity contribution in [1.82, 2.24) is 14.7 Å². The summed E-state index contributed by atoms with van der Waals surface area (Å²) in [4.78, 5) is 27.4. The number of nitrogens with zero attached hydrogens (tertiary/aromatic N) is 1. The van der Waals surface area contributed by atoms with Crippen LogP contribution in [-0.4, -0.2) is 22.3 Å². The predicted molar refractivity (Wildman–Crippen MR) is 81.5 cm³/mol. The van der Waals surface area contributed by atoms with Crippen LogP contribution in [-0.2, 0) is 0 Å². The molecule has 0 unspecified atom stereocenters. The zero-order chi connectivity index (χ0) is 14.7. The van der Waals surface area contributed by atoms with E-state index in [1.165, 1.54) is 7.05 Å². The second kappa shape index (κ2) is 5.90. The summed E-state index contributed by atoms with van der Waals surface area (Å²) in [5.41, 5.74) is 0.654. The quantitative estimate of drug-likeness (QED) is 0.579. The number of anilines is 2. The predicted octanol–water partition coefficient (Wildman–Crippen LogP) is 1.68. The zero-order valence-corrected chi connectivity index (χ0v) is 12.7. The first-order valence-corrected chi connectivity index (χ1v) is 7.01. The second-order valence-electron chi connectivity index (χ2n) is 3.65. The van der Waals surface area contributed by atoms with Gasteiger partial charge in [0.25, 0.3) is 11.5 Å². The van der Waals surface area contributed by atoms with Crippen LogP contribution < -0.4 is 16.2 Å². The van der Waals surface area contributed by atoms with Gasteiger partial charge in [-0.15, -0.1) is 6.42 Å². The number of aromatic nitrogens is 2. The Labute approximate surface area is 126 Å². The first-order chi connectivity index (χ1) is 9.55. The SMILES string of the molecule is C#Cc1cc(Nc2s[nH]c(=O)c2C(=O)NC)cc(Br)n1. The van der Waals surface area contributed by atoms with E-state index in [1.807, 2.05) is 0 Å². The van der Waals surface area contributed by atoms with Crippen LogP contribution in [0.25, 0.3) is 0 Å². The van der Waals surface area contributed by atoms with Crippen LogP contribution in [0, 0.1) is 12.3 Å². The average Bonchev–Trinajstić information content (AvgIpc) is 2.78. The molecule has 0 aromatic carbocycles. The largest absolute Gasteiger partial charge is 0.355 e. The molecule has 0 aliphatic carbocycles. The van der Waals surface area contributed by atoms with Gasteiger partial charge in [0.05, 0.1) is 0 Å². The standard InChI is InChI=1S/C12H9BrN4O2S/c1-3-6-4-7(5-8(13)15-6)16-12-9(10(18)14-2)11(19)17-20-12/h1,4-5H,2H3,(H,14,18)(H,15,16)(H,17,19). The van der Waals surface area contributed by atoms with Gasteiger partial charge in [0.1, 0.15) is 20.9 Å². The molecule has 0 saturated carbocycles. The van der Waals surface area contributed by atoms with Crippen LogP contribution in [0.4, 0.5) is 10.7 Å². The Morgan fingerprint density at radius 1 is 1.55 bits per heavy atom. The van der Waals surface area contributed by atoms with E-state index in [9.17, 15) is 9.59 Å². The van der Waals surface area contributed by atoms with Crippen molar-refractivity contribution in [2.45, 2.75) is 0 Å². The van der Waals surface area contributed by atoms with Crippen molar-refractivity contribution in [2.24, 2.45) is 0 Å². The van der Waals surface area contributed by atoms with Crippen LogP contribution in [0.5, 0.6) is 0 Å². The highest BCUT2D eigenvalue weighted by Crippen LogP contribution is 2.24. The number of amides is 1. The molecule has 3 N–H and O–H groups in total. The van der Waals surface area contributed by atoms with E-state index < -0.39 is 11.5 Å². The number of halogens is 1. The normalized spacial score (nSPS) is 9.85. The van der Waals surface area contributed by atoms with Crippen molar-refractivity contribution in [1.29, 1.82) is 0 Å². The Kier molecular flexibility index (Phi) is 4.22. The van der Waals surface area contributed by atoms with Crippen molar-refractivity contribution in [3.05, 3.63) is 38.3 Å². The van der Waals surface area contributed by atoms with Gasteiger partial charge in [-0.2, -0.15) is 0 Å². The molecule has 8 heteroatoms. The van der Waals surface area contributed by atoms with Crippen LogP contribution >= 0.6 is 27.5 Å². The van der Waals surface area contributed by atoms with Crippen molar-refractivity contribution >= 4 is 44.1 Å². The lowest BCUT2D eigenvalue weighted by Gasteiger charge is -2.06. The lowest BCUT2D eigenvalue weighted by molar-refractivity contribution is 0.0963. The molecule has 0 aliphatic heterocycles. The van der Waals surface area contributed by atoms with Crippen molar-refractivity contribution in [2.75, 3.05) is 12.4 Å². The summed E-state index contributed by atoms with van der Waals surface area (Å²) in [6, 6.07) is 3.33. The monoisotopic (exact) mass is 352 g/mol. The van der Waals surface area contributed by atoms with Gasteiger partial charge in [-0.3, -0.25) is 14.0 Å². The van der Waals surface area contributed by atoms with Crippen LogP contribution in [0.15, 0.2) is 21.5 Å². The lowest BCUT2D eigenvalue weighted by Crippen LogP contribution is -2.24. The Morgan fingerprint density at radius 2 is 2.30 bits per heavy atom. The summed E-state index contributed by atoms with van der Waals surface area (Å²) >= 11 is 4.28. The number of carbonyl (C=O) groups excluding carboxylic acids is 1. The summed E-state index contributed by atoms with van der Waals surface area (Å²) < 4.78 is 3.07. The molecule has 0 aliphatic rings. The minimum absolute atomic E-state index is 0.0349. The Balaban J connectivity index is 2.41. The van der Waals surface area contributed by atoms with E-state index in [4.69, 9.17) is 6.42 Å². The highest BCUT2D eigenvalue weighted by molar-refractivity contribution is 9.10. The fourth-order valence-electron chi connectivity index (χ4n) is 1.50. The maximum Gasteiger partial charge on any atom is 0.273 e. The van der Waals surface area contributed by atoms with Gasteiger partial charge in [0.2, 0.25) is 0 Å². The summed E-state index contributed by atoms with van der Waals surface area (Å²) in [6.45, 7) is 0. The van der Waals surface area contributed by atoms with E-state index >= 15 is 0 Å². The minimum atomic E-state index is -0.458. The molecule has 1 amide bonds. The lowest BCUT2D eigenvalue weighted by atomic mass is 10.3. The first-order valence-electron chi connectivity index (χ1n) is 5.40. The van der Waals surface area contributed by atoms with Crippen LogP contribution in [0.3, 0.4) is 0 Å². The van der Waals surface area contributed by atoms with E-state index in [-0.39, 0.29) is 5.56 Å². The van der Waals surface area contributed by atoms with Crippen LogP contribution in [0.1, 0.15) is 16.1 Å². The van der Waals surface area contributed by atoms with E-state index in [0.29, 0.717) is 21.0 Å². The molecule has 0 atom stereocenters. The number of hydrogen-bond donors (Lipinski definition) is 3. The third kappa shape index (κ3) is 2.89. The number of carbonyl (C=O) groups is 1. The van der Waals surface area contributed by atoms with Gasteiger partial charge in [-0.1, -0.05) is 5.92 Å². The molecule has 2 aromatic heterocycles. The summed E-state index contributed by atoms with van der Waals surface area (Å²) in [5, 5.41) is 5.82. The molecular weight excluding hydrogens is 344 g/mol. The maximum atomic E-state index is 11.7. The number of rotatable bonds is 3. The van der Waals surface area contributed by atoms with E-state index in [0.717, 1.165) is 11.5 Å². The highest BCUT2D eigenvalue weighted by atomic mass is 79.9. The first kappa shape index (κ1) is 14.3. The fraction of sp³-hybridized carbons (Fsp3) is 0.0833. The third-order valence-electron chi connectivity index (χ3n) is 2.35. The highest BCUT2D eigenvalue weighted by Gasteiger charge is 2.17. The number of aromatic amines is 1. The third-order valence-corrected chi connectivity index (χ3v) is 3.56. The van der Waals surface area contributed by atoms with Gasteiger partial charge in [0, 0.05) is 12.7 Å². The molecule has 6 nitrogen and oxygen atoms in total. The Bertz CT molecular complexity index is 760. The number of terminal acetylenes is 1. The van der Waals surface area contributed by atoms with Gasteiger partial charge in [-0.25, -0.2) is 4.98 Å². The van der Waals surface area contributed by atoms with Crippen molar-refractivity contribution in [3.63, 3.8) is 0 Å². The summed E-state index contributed by atoms with van der Waals surface area (Å²) in [6.07, 6.45) is 5.31. The molecule has 0 radical (unpaired) electrons. The fourth-order valence-corrected chi connectivity index (χ4v) is 2.69. The van der Waals surface area contributed by atoms with Crippen molar-refractivity contribution < 1.29 is 4.79 Å². The topological polar surface area (TPSA) is 86.9 Å². The molecule has 2 heterocycles. The zero-order valence-electron chi connectivity index (χ0n) is 10.3. The molecule has 0 spiro atoms. The molecule has 2 aromatic rings. The molecule has 20 heavy (non-hydrogen) atoms. The maximum absolute atomic E-state index is 11.7. The van der Waals surface area contributed by atoms with Gasteiger partial charge in [-0.05, 0) is 39.6 Å². The number of hydrogen-bond acceptors (Lipinski definition) is 5. The minimum Gasteiger partial charge on any atom is -0.355 e. The molecule has 2 rings (SSSR count). The molecule has 102 valence electrons. The van der Waals surface area contributed by atoms with Gasteiger partial charge < -0.3 is 10.6 Å². The Hall–Kier alpha value is -2.11. The average molecular weight is 353 g/mol. The van der Waals surface area contributed by atoms with Gasteiger partial charge >= 0.3 is 0 Å². The van der Waals surface area contributed by atoms with E-state index in [1.54, 1.807) is 12.1 Å². The van der Waals surface area contributed by atoms with E-state index in [2.05, 4.69) is 41.8 Å². The van der Waals surface area contributed by atoms with Gasteiger partial charge in [0.15, 0.2) is 0 Å². The smallest absolute Gasteiger partial charge is 0.273 e.